The molecule has 0 atom stereocenters. The molecule has 2 aromatic carbocycles. The van der Waals surface area contributed by atoms with Crippen LogP contribution in [0.4, 0.5) is 0 Å². The monoisotopic (exact) mass is 477 g/mol. The van der Waals surface area contributed by atoms with Crippen molar-refractivity contribution < 1.29 is 9.59 Å². The Bertz CT molecular complexity index is 1150. The van der Waals surface area contributed by atoms with Crippen LogP contribution in [-0.2, 0) is 19.6 Å². The third-order valence-corrected chi connectivity index (χ3v) is 6.81. The van der Waals surface area contributed by atoms with Crippen LogP contribution in [-0.4, -0.2) is 57.1 Å². The van der Waals surface area contributed by atoms with Gasteiger partial charge in [-0.15, -0.1) is 0 Å². The summed E-state index contributed by atoms with van der Waals surface area (Å²) in [5.41, 5.74) is 3.09. The number of likely N-dealkylation sites (tertiary alicyclic amines) is 1. The number of nitrogens with zero attached hydrogens (tertiary/aromatic N) is 4. The van der Waals surface area contributed by atoms with Crippen LogP contribution in [0.25, 0.3) is 0 Å². The highest BCUT2D eigenvalue weighted by Crippen LogP contribution is 2.19. The first-order valence-electron chi connectivity index (χ1n) is 11.7. The zero-order valence-corrected chi connectivity index (χ0v) is 19.7. The molecule has 0 radical (unpaired) electrons. The topological polar surface area (TPSA) is 70.5 Å². The lowest BCUT2D eigenvalue weighted by Gasteiger charge is -2.32. The summed E-state index contributed by atoms with van der Waals surface area (Å²) in [4.78, 5) is 30.1. The number of amides is 2. The van der Waals surface area contributed by atoms with E-state index in [9.17, 15) is 9.59 Å². The van der Waals surface area contributed by atoms with Gasteiger partial charge in [0.25, 0.3) is 11.8 Å². The van der Waals surface area contributed by atoms with Crippen LogP contribution >= 0.6 is 11.6 Å². The van der Waals surface area contributed by atoms with Crippen LogP contribution in [0, 0.1) is 0 Å². The van der Waals surface area contributed by atoms with Gasteiger partial charge in [0.15, 0.2) is 5.69 Å². The van der Waals surface area contributed by atoms with Gasteiger partial charge < -0.3 is 10.2 Å². The molecule has 3 heterocycles. The number of piperidine rings is 1. The van der Waals surface area contributed by atoms with Crippen LogP contribution in [0.5, 0.6) is 0 Å². The summed E-state index contributed by atoms with van der Waals surface area (Å²) in [6, 6.07) is 19.7. The molecule has 2 amide bonds. The van der Waals surface area contributed by atoms with Gasteiger partial charge in [0, 0.05) is 49.9 Å². The first-order chi connectivity index (χ1) is 16.5. The molecule has 0 spiro atoms. The molecule has 3 aromatic rings. The molecule has 1 fully saturated rings. The number of halogens is 1. The molecule has 2 aliphatic rings. The van der Waals surface area contributed by atoms with Gasteiger partial charge in [-0.1, -0.05) is 54.1 Å². The number of carbonyl (C=O) groups excluding carboxylic acids is 2. The van der Waals surface area contributed by atoms with Crippen molar-refractivity contribution in [3.8, 4) is 0 Å². The normalized spacial score (nSPS) is 17.0. The van der Waals surface area contributed by atoms with E-state index in [-0.39, 0.29) is 17.9 Å². The molecular weight excluding hydrogens is 450 g/mol. The lowest BCUT2D eigenvalue weighted by molar-refractivity contribution is 0.0683. The van der Waals surface area contributed by atoms with E-state index in [4.69, 9.17) is 11.6 Å². The van der Waals surface area contributed by atoms with Gasteiger partial charge in [0.1, 0.15) is 5.69 Å². The van der Waals surface area contributed by atoms with Crippen LogP contribution < -0.4 is 5.32 Å². The molecule has 2 aliphatic heterocycles. The van der Waals surface area contributed by atoms with Crippen molar-refractivity contribution in [1.82, 2.24) is 24.9 Å². The largest absolute Gasteiger partial charge is 0.348 e. The quantitative estimate of drug-likeness (QED) is 0.589. The number of nitrogens with one attached hydrogen (secondary N) is 1. The van der Waals surface area contributed by atoms with Crippen molar-refractivity contribution in [2.45, 2.75) is 38.5 Å². The molecule has 1 saturated heterocycles. The van der Waals surface area contributed by atoms with Crippen molar-refractivity contribution in [2.24, 2.45) is 0 Å². The van der Waals surface area contributed by atoms with Gasteiger partial charge in [0.2, 0.25) is 0 Å². The van der Waals surface area contributed by atoms with Crippen LogP contribution in [0.1, 0.15) is 44.9 Å². The molecule has 8 heteroatoms. The van der Waals surface area contributed by atoms with Crippen molar-refractivity contribution in [2.75, 3.05) is 19.6 Å². The fourth-order valence-electron chi connectivity index (χ4n) is 4.65. The Morgan fingerprint density at radius 2 is 1.65 bits per heavy atom. The number of benzene rings is 2. The smallest absolute Gasteiger partial charge is 0.272 e. The fourth-order valence-corrected chi connectivity index (χ4v) is 4.77. The van der Waals surface area contributed by atoms with Crippen molar-refractivity contribution in [3.63, 3.8) is 0 Å². The van der Waals surface area contributed by atoms with E-state index in [1.54, 1.807) is 15.6 Å². The van der Waals surface area contributed by atoms with E-state index >= 15 is 0 Å². The Balaban J connectivity index is 1.16. The highest BCUT2D eigenvalue weighted by molar-refractivity contribution is 6.30. The van der Waals surface area contributed by atoms with E-state index in [1.807, 2.05) is 30.3 Å². The summed E-state index contributed by atoms with van der Waals surface area (Å²) in [6.45, 7) is 4.44. The minimum absolute atomic E-state index is 0.109. The second kappa shape index (κ2) is 9.99. The maximum absolute atomic E-state index is 13.0. The lowest BCUT2D eigenvalue weighted by atomic mass is 10.0. The molecule has 1 aromatic heterocycles. The Morgan fingerprint density at radius 1 is 0.941 bits per heavy atom. The van der Waals surface area contributed by atoms with Crippen molar-refractivity contribution in [3.05, 3.63) is 88.2 Å². The minimum atomic E-state index is -0.208. The summed E-state index contributed by atoms with van der Waals surface area (Å²) < 4.78 is 1.65. The molecule has 7 nitrogen and oxygen atoms in total. The summed E-state index contributed by atoms with van der Waals surface area (Å²) in [7, 11) is 0. The number of carbonyl (C=O) groups is 2. The number of hydrogen-bond donors (Lipinski definition) is 1. The summed E-state index contributed by atoms with van der Waals surface area (Å²) in [5, 5.41) is 8.21. The van der Waals surface area contributed by atoms with Crippen molar-refractivity contribution >= 4 is 23.4 Å². The van der Waals surface area contributed by atoms with E-state index < -0.39 is 0 Å². The molecule has 1 N–H and O–H groups in total. The average Bonchev–Trinajstić information content (AvgIpc) is 3.30. The second-order valence-electron chi connectivity index (χ2n) is 9.00. The van der Waals surface area contributed by atoms with Gasteiger partial charge in [0.05, 0.1) is 6.54 Å². The molecule has 176 valence electrons. The number of hydrogen-bond acceptors (Lipinski definition) is 4. The molecule has 0 unspecified atom stereocenters. The Labute approximate surface area is 204 Å². The zero-order valence-electron chi connectivity index (χ0n) is 19.0. The lowest BCUT2D eigenvalue weighted by Crippen LogP contribution is -2.44. The number of fused-ring (bicyclic) bond motifs is 1. The summed E-state index contributed by atoms with van der Waals surface area (Å²) in [5.74, 6) is -0.317. The second-order valence-corrected chi connectivity index (χ2v) is 9.44. The summed E-state index contributed by atoms with van der Waals surface area (Å²) >= 11 is 5.96. The standard InChI is InChI=1S/C26H28ClN5O2/c27-21-8-6-20(7-9-21)18-31-14-15-32-24(26(31)34)16-23(29-32)25(33)28-22-10-12-30(13-11-22)17-19-4-2-1-3-5-19/h1-9,16,22H,10-15,17-18H2,(H,28,33). The molecule has 0 saturated carbocycles. The zero-order chi connectivity index (χ0) is 23.5. The van der Waals surface area contributed by atoms with E-state index in [0.717, 1.165) is 38.0 Å². The van der Waals surface area contributed by atoms with Crippen LogP contribution in [0.15, 0.2) is 60.7 Å². The molecular formula is C26H28ClN5O2. The average molecular weight is 478 g/mol. The van der Waals surface area contributed by atoms with Crippen LogP contribution in [0.3, 0.4) is 0 Å². The SMILES string of the molecule is O=C(NC1CCN(Cc2ccccc2)CC1)c1cc2n(n1)CCN(Cc1ccc(Cl)cc1)C2=O. The fraction of sp³-hybridized carbons (Fsp3) is 0.346. The Kier molecular flexibility index (Phi) is 6.65. The maximum atomic E-state index is 13.0. The van der Waals surface area contributed by atoms with Gasteiger partial charge in [-0.25, -0.2) is 0 Å². The van der Waals surface area contributed by atoms with Gasteiger partial charge in [-0.05, 0) is 36.1 Å². The van der Waals surface area contributed by atoms with Crippen molar-refractivity contribution in [1.29, 1.82) is 0 Å². The van der Waals surface area contributed by atoms with Crippen LogP contribution in [0.2, 0.25) is 5.02 Å². The third kappa shape index (κ3) is 5.16. The summed E-state index contributed by atoms with van der Waals surface area (Å²) in [6.07, 6.45) is 1.81. The molecule has 34 heavy (non-hydrogen) atoms. The molecule has 5 rings (SSSR count). The maximum Gasteiger partial charge on any atom is 0.272 e. The highest BCUT2D eigenvalue weighted by Gasteiger charge is 2.29. The Hall–Kier alpha value is -3.16. The third-order valence-electron chi connectivity index (χ3n) is 6.56. The van der Waals surface area contributed by atoms with E-state index in [0.29, 0.717) is 36.0 Å². The van der Waals surface area contributed by atoms with Gasteiger partial charge in [-0.3, -0.25) is 19.2 Å². The van der Waals surface area contributed by atoms with E-state index in [2.05, 4.69) is 39.6 Å². The predicted octanol–water partition coefficient (Wildman–Crippen LogP) is 3.59. The number of aromatic nitrogens is 2. The highest BCUT2D eigenvalue weighted by atomic mass is 35.5. The first-order valence-corrected chi connectivity index (χ1v) is 12.1. The Morgan fingerprint density at radius 3 is 2.38 bits per heavy atom. The number of rotatable bonds is 6. The first kappa shape index (κ1) is 22.6. The minimum Gasteiger partial charge on any atom is -0.348 e. The molecule has 0 bridgehead atoms. The van der Waals surface area contributed by atoms with Gasteiger partial charge in [-0.2, -0.15) is 5.10 Å². The van der Waals surface area contributed by atoms with E-state index in [1.165, 1.54) is 5.56 Å². The molecule has 0 aliphatic carbocycles. The van der Waals surface area contributed by atoms with Gasteiger partial charge >= 0.3 is 0 Å². The predicted molar refractivity (Wildman–Crippen MR) is 131 cm³/mol.